The molecule has 2 nitrogen and oxygen atoms in total. The molecule has 1 N–H and O–H groups in total. The Morgan fingerprint density at radius 1 is 1.19 bits per heavy atom. The van der Waals surface area contributed by atoms with E-state index in [1.807, 2.05) is 58.1 Å². The van der Waals surface area contributed by atoms with Crippen LogP contribution in [0.5, 0.6) is 0 Å². The molecular formula is C14H23NO. The van der Waals surface area contributed by atoms with Crippen molar-refractivity contribution in [3.63, 3.8) is 0 Å². The average Bonchev–Trinajstić information content (AvgIpc) is 2.28. The summed E-state index contributed by atoms with van der Waals surface area (Å²) in [6, 6.07) is 0. The molecule has 16 heavy (non-hydrogen) atoms. The van der Waals surface area contributed by atoms with Crippen molar-refractivity contribution in [1.82, 2.24) is 5.32 Å². The fraction of sp³-hybridized carbons (Fsp3) is 0.500. The molecule has 0 saturated heterocycles. The number of amides is 1. The Bertz CT molecular complexity index is 283. The lowest BCUT2D eigenvalue weighted by Crippen LogP contribution is -2.28. The van der Waals surface area contributed by atoms with Gasteiger partial charge in [0.05, 0.1) is 0 Å². The van der Waals surface area contributed by atoms with E-state index < -0.39 is 0 Å². The first kappa shape index (κ1) is 14.7. The molecule has 0 heterocycles. The van der Waals surface area contributed by atoms with E-state index in [2.05, 4.69) is 5.32 Å². The van der Waals surface area contributed by atoms with Gasteiger partial charge in [-0.15, -0.1) is 0 Å². The molecule has 0 radical (unpaired) electrons. The molecule has 0 unspecified atom stereocenters. The Kier molecular flexibility index (Phi) is 8.22. The zero-order valence-electron chi connectivity index (χ0n) is 10.8. The van der Waals surface area contributed by atoms with Crippen LogP contribution in [-0.4, -0.2) is 5.91 Å². The Balaban J connectivity index is 4.57. The molecule has 0 aromatic rings. The number of hydrogen-bond donors (Lipinski definition) is 1. The lowest BCUT2D eigenvalue weighted by Gasteiger charge is -2.13. The van der Waals surface area contributed by atoms with Gasteiger partial charge in [-0.1, -0.05) is 32.1 Å². The second-order valence-electron chi connectivity index (χ2n) is 3.65. The van der Waals surface area contributed by atoms with Gasteiger partial charge in [-0.3, -0.25) is 4.79 Å². The molecule has 0 fully saturated rings. The minimum Gasteiger partial charge on any atom is -0.326 e. The summed E-state index contributed by atoms with van der Waals surface area (Å²) < 4.78 is 0. The predicted octanol–water partition coefficient (Wildman–Crippen LogP) is 3.57. The number of hydrogen-bond acceptors (Lipinski definition) is 1. The summed E-state index contributed by atoms with van der Waals surface area (Å²) in [4.78, 5) is 11.8. The fourth-order valence-electron chi connectivity index (χ4n) is 1.42. The van der Waals surface area contributed by atoms with Gasteiger partial charge in [0.25, 0.3) is 0 Å². The quantitative estimate of drug-likeness (QED) is 0.682. The van der Waals surface area contributed by atoms with Crippen LogP contribution in [-0.2, 0) is 4.79 Å². The van der Waals surface area contributed by atoms with Crippen molar-refractivity contribution in [2.45, 2.75) is 40.5 Å². The van der Waals surface area contributed by atoms with Gasteiger partial charge in [-0.25, -0.2) is 0 Å². The van der Waals surface area contributed by atoms with Crippen molar-refractivity contribution in [2.75, 3.05) is 0 Å². The average molecular weight is 221 g/mol. The molecule has 1 amide bonds. The van der Waals surface area contributed by atoms with Crippen molar-refractivity contribution >= 4 is 5.91 Å². The summed E-state index contributed by atoms with van der Waals surface area (Å²) in [6.07, 6.45) is 11.3. The zero-order valence-corrected chi connectivity index (χ0v) is 10.8. The number of nitrogens with one attached hydrogen (secondary N) is 1. The first-order chi connectivity index (χ1) is 7.69. The van der Waals surface area contributed by atoms with Crippen LogP contribution in [0.15, 0.2) is 36.1 Å². The summed E-state index contributed by atoms with van der Waals surface area (Å²) in [6.45, 7) is 7.97. The zero-order chi connectivity index (χ0) is 12.4. The molecule has 0 aromatic heterocycles. The predicted molar refractivity (Wildman–Crippen MR) is 69.9 cm³/mol. The number of carbonyl (C=O) groups excluding carboxylic acids is 1. The lowest BCUT2D eigenvalue weighted by atomic mass is 10.0. The molecular weight excluding hydrogens is 198 g/mol. The van der Waals surface area contributed by atoms with Gasteiger partial charge in [0.2, 0.25) is 5.91 Å². The van der Waals surface area contributed by atoms with Crippen molar-refractivity contribution < 1.29 is 4.79 Å². The van der Waals surface area contributed by atoms with E-state index in [0.29, 0.717) is 0 Å². The van der Waals surface area contributed by atoms with Gasteiger partial charge in [0.15, 0.2) is 0 Å². The maximum absolute atomic E-state index is 11.8. The lowest BCUT2D eigenvalue weighted by molar-refractivity contribution is -0.124. The molecule has 0 aromatic carbocycles. The molecule has 90 valence electrons. The highest BCUT2D eigenvalue weighted by Gasteiger charge is 2.13. The summed E-state index contributed by atoms with van der Waals surface area (Å²) >= 11 is 0. The fourth-order valence-corrected chi connectivity index (χ4v) is 1.42. The first-order valence-corrected chi connectivity index (χ1v) is 5.96. The van der Waals surface area contributed by atoms with Crippen LogP contribution in [0.4, 0.5) is 0 Å². The third-order valence-electron chi connectivity index (χ3n) is 2.44. The van der Waals surface area contributed by atoms with Crippen LogP contribution in [0.25, 0.3) is 0 Å². The molecule has 0 saturated carbocycles. The maximum Gasteiger partial charge on any atom is 0.227 e. The maximum atomic E-state index is 11.8. The summed E-state index contributed by atoms with van der Waals surface area (Å²) in [5.74, 6) is 0.220. The van der Waals surface area contributed by atoms with Crippen LogP contribution >= 0.6 is 0 Å². The van der Waals surface area contributed by atoms with Gasteiger partial charge in [-0.2, -0.15) is 0 Å². The van der Waals surface area contributed by atoms with Gasteiger partial charge >= 0.3 is 0 Å². The SMILES string of the molecule is C\C=C/C=C(\C=C/C)NC(=O)C(CC)CC. The van der Waals surface area contributed by atoms with Crippen LogP contribution in [0, 0.1) is 5.92 Å². The Morgan fingerprint density at radius 3 is 2.25 bits per heavy atom. The molecule has 0 rings (SSSR count). The second kappa shape index (κ2) is 8.96. The summed E-state index contributed by atoms with van der Waals surface area (Å²) in [7, 11) is 0. The Morgan fingerprint density at radius 2 is 1.81 bits per heavy atom. The van der Waals surface area contributed by atoms with Gasteiger partial charge < -0.3 is 5.32 Å². The third-order valence-corrected chi connectivity index (χ3v) is 2.44. The summed E-state index contributed by atoms with van der Waals surface area (Å²) in [5, 5.41) is 2.94. The van der Waals surface area contributed by atoms with Gasteiger partial charge in [0.1, 0.15) is 0 Å². The molecule has 2 heteroatoms. The number of carbonyl (C=O) groups is 1. The largest absolute Gasteiger partial charge is 0.326 e. The minimum atomic E-state index is 0.110. The molecule has 0 atom stereocenters. The van der Waals surface area contributed by atoms with E-state index in [1.165, 1.54) is 0 Å². The van der Waals surface area contributed by atoms with E-state index >= 15 is 0 Å². The van der Waals surface area contributed by atoms with E-state index in [0.717, 1.165) is 18.5 Å². The van der Waals surface area contributed by atoms with Crippen LogP contribution < -0.4 is 5.32 Å². The first-order valence-electron chi connectivity index (χ1n) is 5.96. The second-order valence-corrected chi connectivity index (χ2v) is 3.65. The Hall–Kier alpha value is -1.31. The van der Waals surface area contributed by atoms with Crippen LogP contribution in [0.1, 0.15) is 40.5 Å². The normalized spacial score (nSPS) is 12.9. The molecule has 0 bridgehead atoms. The van der Waals surface area contributed by atoms with Crippen molar-refractivity contribution in [2.24, 2.45) is 5.92 Å². The van der Waals surface area contributed by atoms with E-state index in [9.17, 15) is 4.79 Å². The standard InChI is InChI=1S/C14H23NO/c1-5-9-11-13(10-6-2)15-14(16)12(7-3)8-4/h5-6,9-12H,7-8H2,1-4H3,(H,15,16)/b9-5-,10-6-,13-11+. The van der Waals surface area contributed by atoms with Crippen molar-refractivity contribution in [3.05, 3.63) is 36.1 Å². The topological polar surface area (TPSA) is 29.1 Å². The van der Waals surface area contributed by atoms with Crippen molar-refractivity contribution in [3.8, 4) is 0 Å². The third kappa shape index (κ3) is 5.54. The molecule has 0 aliphatic carbocycles. The van der Waals surface area contributed by atoms with Crippen LogP contribution in [0.3, 0.4) is 0 Å². The van der Waals surface area contributed by atoms with Crippen LogP contribution in [0.2, 0.25) is 0 Å². The highest BCUT2D eigenvalue weighted by Crippen LogP contribution is 2.08. The monoisotopic (exact) mass is 221 g/mol. The smallest absolute Gasteiger partial charge is 0.227 e. The highest BCUT2D eigenvalue weighted by atomic mass is 16.1. The number of rotatable bonds is 6. The van der Waals surface area contributed by atoms with Crippen molar-refractivity contribution in [1.29, 1.82) is 0 Å². The van der Waals surface area contributed by atoms with E-state index in [1.54, 1.807) is 0 Å². The van der Waals surface area contributed by atoms with E-state index in [4.69, 9.17) is 0 Å². The Labute approximate surface area is 99.1 Å². The minimum absolute atomic E-state index is 0.110. The van der Waals surface area contributed by atoms with Gasteiger partial charge in [-0.05, 0) is 38.8 Å². The molecule has 0 aliphatic heterocycles. The van der Waals surface area contributed by atoms with Gasteiger partial charge in [0, 0.05) is 11.6 Å². The summed E-state index contributed by atoms with van der Waals surface area (Å²) in [5.41, 5.74) is 0.845. The molecule has 0 aliphatic rings. The molecule has 0 spiro atoms. The van der Waals surface area contributed by atoms with E-state index in [-0.39, 0.29) is 11.8 Å². The highest BCUT2D eigenvalue weighted by molar-refractivity contribution is 5.80. The number of allylic oxidation sites excluding steroid dienone is 5.